The van der Waals surface area contributed by atoms with Crippen molar-refractivity contribution in [1.82, 2.24) is 50.3 Å². The number of rotatable bonds is 20. The van der Waals surface area contributed by atoms with Crippen LogP contribution in [-0.4, -0.2) is 122 Å². The van der Waals surface area contributed by atoms with E-state index in [1.54, 1.807) is 18.7 Å². The van der Waals surface area contributed by atoms with Gasteiger partial charge in [-0.1, -0.05) is 19.9 Å². The third-order valence-corrected chi connectivity index (χ3v) is 16.5. The molecule has 2 amide bonds. The van der Waals surface area contributed by atoms with Crippen LogP contribution in [0.3, 0.4) is 0 Å². The summed E-state index contributed by atoms with van der Waals surface area (Å²) in [5, 5.41) is 1.45. The summed E-state index contributed by atoms with van der Waals surface area (Å²) >= 11 is 0. The highest BCUT2D eigenvalue weighted by molar-refractivity contribution is 5.87. The summed E-state index contributed by atoms with van der Waals surface area (Å²) in [6, 6.07) is 6.68. The number of anilines is 2. The number of nitrogens with zero attached hydrogens (tertiary/aromatic N) is 11. The van der Waals surface area contributed by atoms with Crippen molar-refractivity contribution < 1.29 is 23.9 Å². The zero-order chi connectivity index (χ0) is 48.3. The smallest absolute Gasteiger partial charge is 0.250 e. The van der Waals surface area contributed by atoms with E-state index in [2.05, 4.69) is 59.0 Å². The Morgan fingerprint density at radius 1 is 0.620 bits per heavy atom. The Morgan fingerprint density at radius 3 is 1.54 bits per heavy atom. The van der Waals surface area contributed by atoms with Crippen molar-refractivity contribution in [2.24, 2.45) is 35.5 Å². The van der Waals surface area contributed by atoms with Crippen molar-refractivity contribution in [3.8, 4) is 11.8 Å². The summed E-state index contributed by atoms with van der Waals surface area (Å²) in [7, 11) is 0. The van der Waals surface area contributed by atoms with Crippen LogP contribution >= 0.6 is 0 Å². The topological polar surface area (TPSA) is 167 Å². The first kappa shape index (κ1) is 47.2. The average Bonchev–Trinajstić information content (AvgIpc) is 4.29. The maximum atomic E-state index is 14.1. The number of carbonyl (C=O) groups is 2. The van der Waals surface area contributed by atoms with Crippen molar-refractivity contribution in [2.45, 2.75) is 103 Å². The standard InChI is InChI=1S/C54H70N12O5/c1-3-36-29-57-53(58-30-36)64-21-11-38(12-22-64)44-27-40(44)15-25-69-47-9-7-42(33-55-47)49(51(67)62-17-5-18-62)46-35-71-66(61-46)50(52(68)63-19-6-20-63)43-8-10-48(56-34-43)70-26-16-41-28-45(41)39-13-23-65(24-14-39)54-59-31-37(4-2)32-60-54/h7-10,29-35,38-41,44-45,49-50,61H,3-6,11-28H2,1-2H3/t40-,41+,44+,45-,49?,50?/m1/s1. The van der Waals surface area contributed by atoms with E-state index < -0.39 is 12.0 Å². The van der Waals surface area contributed by atoms with E-state index in [0.717, 1.165) is 106 Å². The van der Waals surface area contributed by atoms with E-state index in [0.29, 0.717) is 74.2 Å². The van der Waals surface area contributed by atoms with Crippen molar-refractivity contribution in [1.29, 1.82) is 0 Å². The zero-order valence-electron chi connectivity index (χ0n) is 41.5. The van der Waals surface area contributed by atoms with Crippen molar-refractivity contribution in [2.75, 3.05) is 75.4 Å². The minimum atomic E-state index is -0.836. The van der Waals surface area contributed by atoms with Gasteiger partial charge >= 0.3 is 0 Å². The summed E-state index contributed by atoms with van der Waals surface area (Å²) in [5.41, 5.74) is 7.60. The van der Waals surface area contributed by atoms with Crippen LogP contribution in [0.25, 0.3) is 0 Å². The lowest BCUT2D eigenvalue weighted by Crippen LogP contribution is -2.51. The van der Waals surface area contributed by atoms with Gasteiger partial charge in [-0.25, -0.2) is 29.9 Å². The van der Waals surface area contributed by atoms with Gasteiger partial charge in [-0.15, -0.1) is 0 Å². The van der Waals surface area contributed by atoms with Crippen LogP contribution in [0, 0.1) is 35.5 Å². The molecule has 0 aromatic carbocycles. The van der Waals surface area contributed by atoms with Gasteiger partial charge < -0.3 is 33.9 Å². The fourth-order valence-electron chi connectivity index (χ4n) is 11.5. The lowest BCUT2D eigenvalue weighted by atomic mass is 9.90. The largest absolute Gasteiger partial charge is 0.478 e. The molecule has 5 aliphatic heterocycles. The third kappa shape index (κ3) is 10.8. The van der Waals surface area contributed by atoms with Crippen LogP contribution in [0.1, 0.15) is 112 Å². The molecule has 6 fully saturated rings. The number of aryl methyl sites for hydroxylation is 2. The van der Waals surface area contributed by atoms with Crippen LogP contribution in [0.2, 0.25) is 0 Å². The number of hydroxylamine groups is 1. The molecule has 17 nitrogen and oxygen atoms in total. The Bertz CT molecular complexity index is 2450. The first-order chi connectivity index (χ1) is 34.9. The fraction of sp³-hybridized carbons (Fsp3) is 0.593. The molecule has 4 saturated heterocycles. The molecule has 6 atom stereocenters. The Morgan fingerprint density at radius 2 is 1.10 bits per heavy atom. The lowest BCUT2D eigenvalue weighted by molar-refractivity contribution is -0.177. The van der Waals surface area contributed by atoms with E-state index >= 15 is 0 Å². The number of pyridine rings is 2. The van der Waals surface area contributed by atoms with Gasteiger partial charge in [-0.2, -0.15) is 0 Å². The molecule has 4 aromatic heterocycles. The molecule has 376 valence electrons. The molecule has 2 saturated carbocycles. The zero-order valence-corrected chi connectivity index (χ0v) is 41.5. The number of hydrogen-bond acceptors (Lipinski definition) is 15. The van der Waals surface area contributed by atoms with Crippen LogP contribution in [0.15, 0.2) is 73.4 Å². The summed E-state index contributed by atoms with van der Waals surface area (Å²) in [5.74, 6) is 6.31. The molecule has 1 N–H and O–H groups in total. The molecule has 2 aliphatic carbocycles. The van der Waals surface area contributed by atoms with Gasteiger partial charge in [0.15, 0.2) is 6.04 Å². The molecule has 2 unspecified atom stereocenters. The van der Waals surface area contributed by atoms with Gasteiger partial charge in [0.05, 0.1) is 18.9 Å². The van der Waals surface area contributed by atoms with Gasteiger partial charge in [0.1, 0.15) is 12.2 Å². The number of hydrogen-bond donors (Lipinski definition) is 1. The molecule has 0 radical (unpaired) electrons. The van der Waals surface area contributed by atoms with Gasteiger partial charge in [0, 0.05) is 107 Å². The van der Waals surface area contributed by atoms with E-state index in [1.807, 2.05) is 58.9 Å². The van der Waals surface area contributed by atoms with Crippen LogP contribution in [0.4, 0.5) is 11.9 Å². The van der Waals surface area contributed by atoms with E-state index in [4.69, 9.17) is 14.3 Å². The van der Waals surface area contributed by atoms with E-state index in [9.17, 15) is 9.59 Å². The highest BCUT2D eigenvalue weighted by Crippen LogP contribution is 2.51. The number of piperidine rings is 2. The SMILES string of the molecule is CCc1cnc(N2CCC([C@H]3C[C@@H]3CCOc3ccc(C(C(=O)N4CCC4)N4NC(C(C(=O)N5CCC5)c5ccc(OCC[C@@H]6C[C@H]6C6CCN(c7ncc(CC)cn7)CC6)nc5)=CO4)cn3)CC2)nc1. The summed E-state index contributed by atoms with van der Waals surface area (Å²) in [6.45, 7) is 12.3. The number of aromatic nitrogens is 6. The third-order valence-electron chi connectivity index (χ3n) is 16.5. The molecule has 7 aliphatic rings. The Labute approximate surface area is 417 Å². The fourth-order valence-corrected chi connectivity index (χ4v) is 11.5. The molecule has 0 bridgehead atoms. The molecule has 4 aromatic rings. The summed E-state index contributed by atoms with van der Waals surface area (Å²) < 4.78 is 12.4. The van der Waals surface area contributed by atoms with Crippen LogP contribution in [-0.2, 0) is 27.3 Å². The number of likely N-dealkylation sites (tertiary alicyclic amines) is 2. The van der Waals surface area contributed by atoms with Gasteiger partial charge in [0.2, 0.25) is 35.5 Å². The maximum Gasteiger partial charge on any atom is 0.250 e. The molecule has 17 heteroatoms. The normalized spacial score (nSPS) is 24.2. The Balaban J connectivity index is 0.656. The van der Waals surface area contributed by atoms with Gasteiger partial charge in [0.25, 0.3) is 0 Å². The van der Waals surface area contributed by atoms with E-state index in [1.165, 1.54) is 54.8 Å². The minimum absolute atomic E-state index is 0.0382. The highest BCUT2D eigenvalue weighted by atomic mass is 16.7. The average molecular weight is 967 g/mol. The Hall–Kier alpha value is -6.10. The number of amides is 2. The van der Waals surface area contributed by atoms with Crippen molar-refractivity contribution >= 4 is 23.7 Å². The molecular weight excluding hydrogens is 897 g/mol. The first-order valence-corrected chi connectivity index (χ1v) is 26.7. The Kier molecular flexibility index (Phi) is 14.2. The van der Waals surface area contributed by atoms with Crippen molar-refractivity contribution in [3.63, 3.8) is 0 Å². The minimum Gasteiger partial charge on any atom is -0.478 e. The molecule has 9 heterocycles. The second-order valence-corrected chi connectivity index (χ2v) is 20.9. The van der Waals surface area contributed by atoms with Crippen LogP contribution < -0.4 is 24.7 Å². The predicted molar refractivity (Wildman–Crippen MR) is 267 cm³/mol. The van der Waals surface area contributed by atoms with Crippen LogP contribution in [0.5, 0.6) is 11.8 Å². The van der Waals surface area contributed by atoms with E-state index in [-0.39, 0.29) is 11.8 Å². The first-order valence-electron chi connectivity index (χ1n) is 26.7. The predicted octanol–water partition coefficient (Wildman–Crippen LogP) is 6.71. The lowest BCUT2D eigenvalue weighted by Gasteiger charge is -2.37. The number of ether oxygens (including phenoxy) is 2. The summed E-state index contributed by atoms with van der Waals surface area (Å²) in [6.07, 6.45) is 25.9. The highest BCUT2D eigenvalue weighted by Gasteiger charge is 2.45. The molecule has 71 heavy (non-hydrogen) atoms. The van der Waals surface area contributed by atoms with Gasteiger partial charge in [-0.3, -0.25) is 15.0 Å². The summed E-state index contributed by atoms with van der Waals surface area (Å²) in [4.78, 5) is 70.4. The number of nitrogens with one attached hydrogen (secondary N) is 1. The second kappa shape index (κ2) is 21.3. The second-order valence-electron chi connectivity index (χ2n) is 20.9. The van der Waals surface area contributed by atoms with Crippen molar-refractivity contribution in [3.05, 3.63) is 95.7 Å². The monoisotopic (exact) mass is 967 g/mol. The number of carbonyl (C=O) groups excluding carboxylic acids is 2. The molecule has 0 spiro atoms. The van der Waals surface area contributed by atoms with Gasteiger partial charge in [-0.05, 0) is 140 Å². The quantitative estimate of drug-likeness (QED) is 0.0993. The molecule has 11 rings (SSSR count). The molecular formula is C54H70N12O5. The number of hydrazine groups is 1. The maximum absolute atomic E-state index is 14.1.